The van der Waals surface area contributed by atoms with E-state index in [2.05, 4.69) is 0 Å². The Hall–Kier alpha value is -1.88. The van der Waals surface area contributed by atoms with Gasteiger partial charge < -0.3 is 15.7 Å². The van der Waals surface area contributed by atoms with Crippen LogP contribution < -0.4 is 5.73 Å². The van der Waals surface area contributed by atoms with Crippen LogP contribution in [0.15, 0.2) is 18.2 Å². The van der Waals surface area contributed by atoms with Gasteiger partial charge in [0.05, 0.1) is 11.0 Å². The van der Waals surface area contributed by atoms with Gasteiger partial charge in [-0.2, -0.15) is 0 Å². The van der Waals surface area contributed by atoms with Crippen molar-refractivity contribution in [1.82, 2.24) is 4.90 Å². The Morgan fingerprint density at radius 3 is 2.70 bits per heavy atom. The highest BCUT2D eigenvalue weighted by Gasteiger charge is 2.50. The molecule has 0 atom stereocenters. The van der Waals surface area contributed by atoms with Gasteiger partial charge >= 0.3 is 5.97 Å². The molecule has 1 aliphatic heterocycles. The SMILES string of the molecule is NCC1(C(=O)N2CCc3c(cccc3C(=O)O)C2)CC1. The number of carboxylic acid groups (broad SMARTS) is 1. The molecule has 1 aliphatic carbocycles. The third kappa shape index (κ3) is 1.98. The summed E-state index contributed by atoms with van der Waals surface area (Å²) in [7, 11) is 0. The van der Waals surface area contributed by atoms with Gasteiger partial charge in [-0.3, -0.25) is 4.79 Å². The van der Waals surface area contributed by atoms with Crippen LogP contribution in [0.1, 0.15) is 34.3 Å². The zero-order valence-electron chi connectivity index (χ0n) is 11.3. The van der Waals surface area contributed by atoms with E-state index in [9.17, 15) is 14.7 Å². The fourth-order valence-corrected chi connectivity index (χ4v) is 2.97. The van der Waals surface area contributed by atoms with Crippen molar-refractivity contribution < 1.29 is 14.7 Å². The number of nitrogens with two attached hydrogens (primary N) is 1. The molecular formula is C15H18N2O3. The zero-order valence-corrected chi connectivity index (χ0v) is 11.3. The lowest BCUT2D eigenvalue weighted by Gasteiger charge is -2.32. The number of fused-ring (bicyclic) bond motifs is 1. The van der Waals surface area contributed by atoms with Crippen LogP contribution in [-0.4, -0.2) is 35.0 Å². The van der Waals surface area contributed by atoms with Crippen molar-refractivity contribution in [3.05, 3.63) is 34.9 Å². The molecule has 1 fully saturated rings. The molecule has 20 heavy (non-hydrogen) atoms. The number of carboxylic acids is 1. The van der Waals surface area contributed by atoms with Gasteiger partial charge in [0.15, 0.2) is 0 Å². The van der Waals surface area contributed by atoms with Crippen LogP contribution in [-0.2, 0) is 17.8 Å². The first kappa shape index (κ1) is 13.1. The highest BCUT2D eigenvalue weighted by atomic mass is 16.4. The molecule has 0 unspecified atom stereocenters. The topological polar surface area (TPSA) is 83.6 Å². The van der Waals surface area contributed by atoms with E-state index in [0.29, 0.717) is 31.6 Å². The molecule has 1 heterocycles. The average Bonchev–Trinajstić information content (AvgIpc) is 3.26. The van der Waals surface area contributed by atoms with Crippen molar-refractivity contribution in [2.24, 2.45) is 11.1 Å². The van der Waals surface area contributed by atoms with Gasteiger partial charge in [-0.1, -0.05) is 12.1 Å². The molecule has 0 spiro atoms. The van der Waals surface area contributed by atoms with E-state index in [1.807, 2.05) is 11.0 Å². The lowest BCUT2D eigenvalue weighted by Crippen LogP contribution is -2.43. The van der Waals surface area contributed by atoms with Crippen LogP contribution in [0.3, 0.4) is 0 Å². The predicted molar refractivity (Wildman–Crippen MR) is 73.2 cm³/mol. The molecule has 3 N–H and O–H groups in total. The summed E-state index contributed by atoms with van der Waals surface area (Å²) in [4.78, 5) is 25.5. The predicted octanol–water partition coefficient (Wildman–Crippen LogP) is 1.01. The van der Waals surface area contributed by atoms with Gasteiger partial charge in [0, 0.05) is 19.6 Å². The normalized spacial score (nSPS) is 19.4. The summed E-state index contributed by atoms with van der Waals surface area (Å²) < 4.78 is 0. The van der Waals surface area contributed by atoms with Gasteiger partial charge in [0.2, 0.25) is 5.91 Å². The molecule has 106 valence electrons. The zero-order chi connectivity index (χ0) is 14.3. The Balaban J connectivity index is 1.84. The number of hydrogen-bond acceptors (Lipinski definition) is 3. The van der Waals surface area contributed by atoms with Crippen LogP contribution in [0, 0.1) is 5.41 Å². The molecule has 0 radical (unpaired) electrons. The van der Waals surface area contributed by atoms with Crippen molar-refractivity contribution in [2.75, 3.05) is 13.1 Å². The van der Waals surface area contributed by atoms with Crippen molar-refractivity contribution in [3.63, 3.8) is 0 Å². The van der Waals surface area contributed by atoms with Gasteiger partial charge in [0.1, 0.15) is 0 Å². The van der Waals surface area contributed by atoms with E-state index in [-0.39, 0.29) is 11.3 Å². The van der Waals surface area contributed by atoms with E-state index in [1.54, 1.807) is 12.1 Å². The van der Waals surface area contributed by atoms with E-state index >= 15 is 0 Å². The van der Waals surface area contributed by atoms with Crippen LogP contribution in [0.2, 0.25) is 0 Å². The number of amides is 1. The molecule has 3 rings (SSSR count). The molecule has 1 amide bonds. The highest BCUT2D eigenvalue weighted by molar-refractivity contribution is 5.90. The smallest absolute Gasteiger partial charge is 0.335 e. The monoisotopic (exact) mass is 274 g/mol. The maximum Gasteiger partial charge on any atom is 0.335 e. The molecule has 1 saturated carbocycles. The summed E-state index contributed by atoms with van der Waals surface area (Å²) in [6.45, 7) is 1.49. The van der Waals surface area contributed by atoms with Crippen molar-refractivity contribution in [1.29, 1.82) is 0 Å². The Morgan fingerprint density at radius 2 is 2.10 bits per heavy atom. The first-order chi connectivity index (χ1) is 9.57. The number of carbonyl (C=O) groups excluding carboxylic acids is 1. The molecular weight excluding hydrogens is 256 g/mol. The number of hydrogen-bond donors (Lipinski definition) is 2. The maximum absolute atomic E-state index is 12.5. The number of nitrogens with zero attached hydrogens (tertiary/aromatic N) is 1. The van der Waals surface area contributed by atoms with Crippen LogP contribution >= 0.6 is 0 Å². The molecule has 0 aromatic heterocycles. The molecule has 1 aromatic rings. The van der Waals surface area contributed by atoms with E-state index in [0.717, 1.165) is 24.0 Å². The molecule has 5 heteroatoms. The second kappa shape index (κ2) is 4.59. The van der Waals surface area contributed by atoms with Gasteiger partial charge in [0.25, 0.3) is 0 Å². The number of benzene rings is 1. The number of aromatic carboxylic acids is 1. The van der Waals surface area contributed by atoms with Crippen molar-refractivity contribution in [2.45, 2.75) is 25.8 Å². The Kier molecular flexibility index (Phi) is 3.01. The fraction of sp³-hybridized carbons (Fsp3) is 0.467. The quantitative estimate of drug-likeness (QED) is 0.861. The highest BCUT2D eigenvalue weighted by Crippen LogP contribution is 2.46. The molecule has 5 nitrogen and oxygen atoms in total. The van der Waals surface area contributed by atoms with Crippen LogP contribution in [0.25, 0.3) is 0 Å². The second-order valence-electron chi connectivity index (χ2n) is 5.71. The third-order valence-corrected chi connectivity index (χ3v) is 4.48. The minimum absolute atomic E-state index is 0.131. The lowest BCUT2D eigenvalue weighted by molar-refractivity contribution is -0.137. The largest absolute Gasteiger partial charge is 0.478 e. The summed E-state index contributed by atoms with van der Waals surface area (Å²) in [6.07, 6.45) is 2.35. The van der Waals surface area contributed by atoms with Gasteiger partial charge in [-0.25, -0.2) is 4.79 Å². The standard InChI is InChI=1S/C15H18N2O3/c16-9-15(5-6-15)14(20)17-7-4-11-10(8-17)2-1-3-12(11)13(18)19/h1-3H,4-9,16H2,(H,18,19). The molecule has 2 aliphatic rings. The molecule has 0 bridgehead atoms. The molecule has 0 saturated heterocycles. The van der Waals surface area contributed by atoms with E-state index < -0.39 is 5.97 Å². The van der Waals surface area contributed by atoms with Crippen molar-refractivity contribution in [3.8, 4) is 0 Å². The lowest BCUT2D eigenvalue weighted by atomic mass is 9.93. The summed E-state index contributed by atoms with van der Waals surface area (Å²) in [5, 5.41) is 9.20. The first-order valence-corrected chi connectivity index (χ1v) is 6.91. The number of carbonyl (C=O) groups is 2. The van der Waals surface area contributed by atoms with Gasteiger partial charge in [-0.05, 0) is 36.5 Å². The minimum atomic E-state index is -0.901. The summed E-state index contributed by atoms with van der Waals surface area (Å²) in [5.41, 5.74) is 7.54. The van der Waals surface area contributed by atoms with E-state index in [1.165, 1.54) is 0 Å². The van der Waals surface area contributed by atoms with Crippen molar-refractivity contribution >= 4 is 11.9 Å². The second-order valence-corrected chi connectivity index (χ2v) is 5.71. The maximum atomic E-state index is 12.5. The number of rotatable bonds is 3. The van der Waals surface area contributed by atoms with Crippen LogP contribution in [0.4, 0.5) is 0 Å². The Labute approximate surface area is 117 Å². The average molecular weight is 274 g/mol. The molecule has 1 aromatic carbocycles. The van der Waals surface area contributed by atoms with E-state index in [4.69, 9.17) is 5.73 Å². The minimum Gasteiger partial charge on any atom is -0.478 e. The van der Waals surface area contributed by atoms with Gasteiger partial charge in [-0.15, -0.1) is 0 Å². The Bertz CT molecular complexity index is 578. The Morgan fingerprint density at radius 1 is 1.35 bits per heavy atom. The summed E-state index contributed by atoms with van der Waals surface area (Å²) >= 11 is 0. The summed E-state index contributed by atoms with van der Waals surface area (Å²) in [5.74, 6) is -0.770. The van der Waals surface area contributed by atoms with Crippen LogP contribution in [0.5, 0.6) is 0 Å². The fourth-order valence-electron chi connectivity index (χ4n) is 2.97. The first-order valence-electron chi connectivity index (χ1n) is 6.91. The third-order valence-electron chi connectivity index (χ3n) is 4.48. The summed E-state index contributed by atoms with van der Waals surface area (Å²) in [6, 6.07) is 5.27.